The summed E-state index contributed by atoms with van der Waals surface area (Å²) in [7, 11) is 0. The quantitative estimate of drug-likeness (QED) is 0.223. The average molecular weight is 575 g/mol. The highest BCUT2D eigenvalue weighted by Gasteiger charge is 2.26. The Bertz CT molecular complexity index is 2250. The molecule has 7 aromatic rings. The predicted molar refractivity (Wildman–Crippen MR) is 185 cm³/mol. The molecule has 3 heterocycles. The minimum absolute atomic E-state index is 0.372. The van der Waals surface area contributed by atoms with E-state index in [1.54, 1.807) is 0 Å². The zero-order valence-corrected chi connectivity index (χ0v) is 24.9. The zero-order chi connectivity index (χ0) is 28.9. The maximum atomic E-state index is 5.33. The summed E-state index contributed by atoms with van der Waals surface area (Å²) in [6, 6.07) is 38.6. The van der Waals surface area contributed by atoms with Crippen molar-refractivity contribution in [1.29, 1.82) is 0 Å². The second-order valence-electron chi connectivity index (χ2n) is 10.9. The number of allylic oxidation sites excluding steroid dienone is 1. The molecule has 1 N–H and O–H groups in total. The number of hydrogen-bond acceptors (Lipinski definition) is 4. The largest absolute Gasteiger partial charge is 0.310 e. The van der Waals surface area contributed by atoms with Crippen molar-refractivity contribution in [1.82, 2.24) is 9.88 Å². The number of aliphatic imine (C=N–C) groups is 2. The number of fused-ring (bicyclic) bond motifs is 7. The fraction of sp³-hybridized carbons (Fsp3) is 0.105. The molecule has 1 aliphatic heterocycles. The summed E-state index contributed by atoms with van der Waals surface area (Å²) in [6.45, 7) is 4.33. The van der Waals surface area contributed by atoms with Crippen LogP contribution in [0.3, 0.4) is 0 Å². The van der Waals surface area contributed by atoms with Gasteiger partial charge in [-0.05, 0) is 48.2 Å². The third kappa shape index (κ3) is 4.11. The molecule has 0 fully saturated rings. The van der Waals surface area contributed by atoms with Gasteiger partial charge in [-0.25, -0.2) is 9.98 Å². The summed E-state index contributed by atoms with van der Waals surface area (Å²) in [4.78, 5) is 10.4. The summed E-state index contributed by atoms with van der Waals surface area (Å²) < 4.78 is 4.91. The van der Waals surface area contributed by atoms with Crippen LogP contribution in [-0.4, -0.2) is 16.4 Å². The Kier molecular flexibility index (Phi) is 6.20. The molecule has 0 saturated carbocycles. The standard InChI is InChI=1S/C38H30N4S/c1-3-13-27-24(4-2)20-22-30-33(27)29-21-23-32-34(28-18-11-12-19-31(28)43-32)35(29)42(30)38-40-36(25-14-7-5-8-15-25)39-37(41-38)26-16-9-6-10-17-26/h3,5-23,36H,4H2,1-2H3,(H,39,40,41)/b13-3-. The van der Waals surface area contributed by atoms with Crippen molar-refractivity contribution >= 4 is 71.2 Å². The third-order valence-corrected chi connectivity index (χ3v) is 9.50. The number of rotatable bonds is 4. The van der Waals surface area contributed by atoms with Gasteiger partial charge in [0.1, 0.15) is 5.84 Å². The van der Waals surface area contributed by atoms with Crippen LogP contribution in [0, 0.1) is 0 Å². The van der Waals surface area contributed by atoms with Gasteiger partial charge in [-0.2, -0.15) is 0 Å². The maximum Gasteiger partial charge on any atom is 0.211 e. The molecule has 8 rings (SSSR count). The predicted octanol–water partition coefficient (Wildman–Crippen LogP) is 9.71. The van der Waals surface area contributed by atoms with Gasteiger partial charge in [-0.15, -0.1) is 11.3 Å². The van der Waals surface area contributed by atoms with Gasteiger partial charge in [0.25, 0.3) is 0 Å². The monoisotopic (exact) mass is 574 g/mol. The van der Waals surface area contributed by atoms with Crippen LogP contribution in [0.2, 0.25) is 0 Å². The number of benzene rings is 5. The van der Waals surface area contributed by atoms with Crippen LogP contribution in [0.1, 0.15) is 42.3 Å². The molecule has 208 valence electrons. The Morgan fingerprint density at radius 2 is 1.53 bits per heavy atom. The fourth-order valence-electron chi connectivity index (χ4n) is 6.43. The highest BCUT2D eigenvalue weighted by molar-refractivity contribution is 7.26. The number of hydrogen-bond donors (Lipinski definition) is 1. The number of thiophene rings is 1. The molecule has 1 unspecified atom stereocenters. The van der Waals surface area contributed by atoms with E-state index in [4.69, 9.17) is 9.98 Å². The first-order valence-corrected chi connectivity index (χ1v) is 15.6. The van der Waals surface area contributed by atoms with Crippen LogP contribution in [-0.2, 0) is 6.42 Å². The van der Waals surface area contributed by atoms with Crippen LogP contribution in [0.15, 0.2) is 125 Å². The summed E-state index contributed by atoms with van der Waals surface area (Å²) in [5, 5.41) is 8.72. The molecule has 0 aliphatic carbocycles. The van der Waals surface area contributed by atoms with Gasteiger partial charge in [0.05, 0.1) is 11.0 Å². The minimum Gasteiger partial charge on any atom is -0.310 e. The Balaban J connectivity index is 1.51. The van der Waals surface area contributed by atoms with E-state index in [1.165, 1.54) is 47.6 Å². The number of nitrogens with zero attached hydrogens (tertiary/aromatic N) is 3. The van der Waals surface area contributed by atoms with E-state index >= 15 is 0 Å². The van der Waals surface area contributed by atoms with Crippen molar-refractivity contribution in [2.45, 2.75) is 26.4 Å². The Hall–Kier alpha value is -5.00. The van der Waals surface area contributed by atoms with E-state index in [2.05, 4.69) is 133 Å². The van der Waals surface area contributed by atoms with Gasteiger partial charge in [0.2, 0.25) is 5.96 Å². The SMILES string of the molecule is C/C=C\c1c(CC)ccc2c1c1ccc3sc4ccccc4c3c1n2C1=NC(c2ccccc2)N=C(c2ccccc2)N1. The van der Waals surface area contributed by atoms with Crippen molar-refractivity contribution in [3.63, 3.8) is 0 Å². The highest BCUT2D eigenvalue weighted by atomic mass is 32.1. The number of aromatic nitrogens is 1. The molecule has 1 aliphatic rings. The summed E-state index contributed by atoms with van der Waals surface area (Å²) in [5.41, 5.74) is 7.02. The lowest BCUT2D eigenvalue weighted by Gasteiger charge is -2.23. The van der Waals surface area contributed by atoms with Crippen molar-refractivity contribution in [3.05, 3.63) is 138 Å². The zero-order valence-electron chi connectivity index (χ0n) is 24.1. The second-order valence-corrected chi connectivity index (χ2v) is 11.9. The van der Waals surface area contributed by atoms with E-state index < -0.39 is 0 Å². The van der Waals surface area contributed by atoms with Crippen molar-refractivity contribution in [2.24, 2.45) is 9.98 Å². The average Bonchev–Trinajstić information content (AvgIpc) is 3.61. The molecule has 5 heteroatoms. The van der Waals surface area contributed by atoms with E-state index in [0.717, 1.165) is 34.9 Å². The van der Waals surface area contributed by atoms with E-state index in [-0.39, 0.29) is 6.17 Å². The summed E-state index contributed by atoms with van der Waals surface area (Å²) >= 11 is 1.85. The van der Waals surface area contributed by atoms with Gasteiger partial charge in [-0.3, -0.25) is 4.57 Å². The molecular formula is C38H30N4S. The van der Waals surface area contributed by atoms with Crippen LogP contribution in [0.25, 0.3) is 48.1 Å². The van der Waals surface area contributed by atoms with Crippen molar-refractivity contribution in [3.8, 4) is 0 Å². The van der Waals surface area contributed by atoms with Crippen LogP contribution >= 0.6 is 11.3 Å². The van der Waals surface area contributed by atoms with Crippen LogP contribution < -0.4 is 5.32 Å². The first-order chi connectivity index (χ1) is 21.2. The molecule has 0 radical (unpaired) electrons. The molecule has 43 heavy (non-hydrogen) atoms. The van der Waals surface area contributed by atoms with Crippen LogP contribution in [0.5, 0.6) is 0 Å². The van der Waals surface area contributed by atoms with Gasteiger partial charge in [0, 0.05) is 36.5 Å². The number of aryl methyl sites for hydroxylation is 1. The first-order valence-electron chi connectivity index (χ1n) is 14.8. The van der Waals surface area contributed by atoms with Crippen molar-refractivity contribution < 1.29 is 0 Å². The number of amidine groups is 1. The maximum absolute atomic E-state index is 5.33. The molecule has 0 amide bonds. The topological polar surface area (TPSA) is 41.7 Å². The molecular weight excluding hydrogens is 545 g/mol. The lowest BCUT2D eigenvalue weighted by atomic mass is 9.98. The third-order valence-electron chi connectivity index (χ3n) is 8.36. The minimum atomic E-state index is -0.372. The molecule has 1 atom stereocenters. The van der Waals surface area contributed by atoms with Crippen LogP contribution in [0.4, 0.5) is 0 Å². The molecule has 0 saturated heterocycles. The smallest absolute Gasteiger partial charge is 0.211 e. The number of nitrogens with one attached hydrogen (secondary N) is 1. The second kappa shape index (κ2) is 10.4. The van der Waals surface area contributed by atoms with Gasteiger partial charge in [0.15, 0.2) is 6.17 Å². The molecule has 5 aromatic carbocycles. The Morgan fingerprint density at radius 3 is 2.33 bits per heavy atom. The normalized spacial score (nSPS) is 15.4. The first kappa shape index (κ1) is 25.7. The van der Waals surface area contributed by atoms with E-state index in [1.807, 2.05) is 23.5 Å². The lowest BCUT2D eigenvalue weighted by Crippen LogP contribution is -2.39. The van der Waals surface area contributed by atoms with Gasteiger partial charge in [-0.1, -0.05) is 110 Å². The van der Waals surface area contributed by atoms with E-state index in [9.17, 15) is 0 Å². The van der Waals surface area contributed by atoms with E-state index in [0.29, 0.717) is 0 Å². The summed E-state index contributed by atoms with van der Waals surface area (Å²) in [6.07, 6.45) is 5.01. The molecule has 0 bridgehead atoms. The molecule has 0 spiro atoms. The summed E-state index contributed by atoms with van der Waals surface area (Å²) in [5.74, 6) is 1.59. The lowest BCUT2D eigenvalue weighted by molar-refractivity contribution is 0.745. The Labute approximate surface area is 254 Å². The highest BCUT2D eigenvalue weighted by Crippen LogP contribution is 2.43. The van der Waals surface area contributed by atoms with Crippen molar-refractivity contribution in [2.75, 3.05) is 0 Å². The van der Waals surface area contributed by atoms with Gasteiger partial charge >= 0.3 is 0 Å². The Morgan fingerprint density at radius 1 is 0.767 bits per heavy atom. The molecule has 2 aromatic heterocycles. The van der Waals surface area contributed by atoms with Gasteiger partial charge < -0.3 is 5.32 Å². The molecule has 4 nitrogen and oxygen atoms in total. The fourth-order valence-corrected chi connectivity index (χ4v) is 7.54.